The fourth-order valence-electron chi connectivity index (χ4n) is 9.33. The minimum absolute atomic E-state index is 0.00661. The third-order valence-electron chi connectivity index (χ3n) is 13.7. The Morgan fingerprint density at radius 1 is 0.878 bits per heavy atom. The molecule has 2 saturated heterocycles. The summed E-state index contributed by atoms with van der Waals surface area (Å²) in [5.74, 6) is -11.6. The number of carbonyl (C=O) groups is 9. The van der Waals surface area contributed by atoms with E-state index >= 15 is 0 Å². The second kappa shape index (κ2) is 26.0. The highest BCUT2D eigenvalue weighted by Gasteiger charge is 2.45. The summed E-state index contributed by atoms with van der Waals surface area (Å²) in [6, 6.07) is 8.86. The average molecular weight is 1030 g/mol. The molecular weight excluding hydrogens is 957 g/mol. The van der Waals surface area contributed by atoms with Gasteiger partial charge in [0.25, 0.3) is 0 Å². The Kier molecular flexibility index (Phi) is 20.2. The van der Waals surface area contributed by atoms with Crippen molar-refractivity contribution in [1.82, 2.24) is 35.6 Å². The van der Waals surface area contributed by atoms with Crippen LogP contribution >= 0.6 is 0 Å². The van der Waals surface area contributed by atoms with E-state index in [0.717, 1.165) is 15.4 Å². The largest absolute Gasteiger partial charge is 0.480 e. The Morgan fingerprint density at radius 2 is 1.53 bits per heavy atom. The number of hydrogen-bond acceptors (Lipinski definition) is 13. The van der Waals surface area contributed by atoms with Crippen LogP contribution < -0.4 is 21.7 Å². The molecule has 74 heavy (non-hydrogen) atoms. The monoisotopic (exact) mass is 1030 g/mol. The Balaban J connectivity index is 1.66. The van der Waals surface area contributed by atoms with E-state index in [-0.39, 0.29) is 24.6 Å². The maximum Gasteiger partial charge on any atom is 0.332 e. The SMILES string of the molecule is CC[C@H](C)[C@H]1C(=O)N[C@@H](CC(N)=O)C(=O)N2CCC[C@H]2C(=O)N[C@@H]([C@H](OC)c2ccccc2)C(=O)O[C@@H](c2coc([C@@H](C)C=Cc3ccccc3)n2)[C@@H](C)C(=O)N[C@@H](C(=O)O)CC(=O)N(C)[C@H](C(C)C)C(=O)N1C. The van der Waals surface area contributed by atoms with Crippen LogP contribution in [0.2, 0.25) is 0 Å². The first-order valence-corrected chi connectivity index (χ1v) is 24.8. The number of nitrogens with one attached hydrogen (secondary N) is 3. The molecule has 3 heterocycles. The van der Waals surface area contributed by atoms with E-state index in [0.29, 0.717) is 18.4 Å². The number of ether oxygens (including phenoxy) is 2. The van der Waals surface area contributed by atoms with Crippen molar-refractivity contribution in [2.75, 3.05) is 27.7 Å². The molecule has 2 aromatic carbocycles. The lowest BCUT2D eigenvalue weighted by Crippen LogP contribution is -2.61. The number of nitrogens with two attached hydrogens (primary N) is 1. The number of cyclic esters (lactones) is 1. The van der Waals surface area contributed by atoms with Crippen LogP contribution in [-0.2, 0) is 52.6 Å². The predicted octanol–water partition coefficient (Wildman–Crippen LogP) is 3.26. The molecule has 0 aliphatic carbocycles. The third kappa shape index (κ3) is 14.0. The van der Waals surface area contributed by atoms with Gasteiger partial charge >= 0.3 is 11.9 Å². The number of allylic oxidation sites excluding steroid dienone is 1. The summed E-state index contributed by atoms with van der Waals surface area (Å²) >= 11 is 0. The summed E-state index contributed by atoms with van der Waals surface area (Å²) in [6.07, 6.45) is 1.24. The Labute approximate surface area is 430 Å². The van der Waals surface area contributed by atoms with Crippen LogP contribution in [0.1, 0.15) is 114 Å². The van der Waals surface area contributed by atoms with Gasteiger partial charge in [0.15, 0.2) is 12.1 Å². The molecule has 21 nitrogen and oxygen atoms in total. The standard InChI is InChI=1S/C53H70N8O13/c1-10-30(4)43-48(66)55-35(26-39(54)62)50(67)61-25-17-22-38(61)47(65)58-41(45(72-9)34-20-15-12-16-21-34)53(71)74-44(37-28-73-49(57-37)31(5)23-24-33-18-13-11-14-19-33)32(6)46(64)56-36(52(69)70)27-40(63)59(7)42(29(2)3)51(68)60(43)8/h11-16,18-21,23-24,28-32,35-36,38,41-45H,10,17,22,25-27H2,1-9H3,(H2,54,62)(H,55,66)(H,56,64)(H,58,65)(H,69,70)/t30-,31-,32+,35-,36+,38-,41-,42+,43-,44+,45+/m0/s1. The van der Waals surface area contributed by atoms with E-state index in [9.17, 15) is 48.3 Å². The number of benzene rings is 2. The maximum atomic E-state index is 14.9. The van der Waals surface area contributed by atoms with Crippen LogP contribution in [0.25, 0.3) is 6.08 Å². The molecule has 0 saturated carbocycles. The number of carbonyl (C=O) groups excluding carboxylic acids is 8. The molecule has 2 aliphatic heterocycles. The second-order valence-corrected chi connectivity index (χ2v) is 19.4. The van der Waals surface area contributed by atoms with Gasteiger partial charge in [-0.1, -0.05) is 114 Å². The van der Waals surface area contributed by atoms with Crippen LogP contribution in [0, 0.1) is 17.8 Å². The minimum Gasteiger partial charge on any atom is -0.480 e. The summed E-state index contributed by atoms with van der Waals surface area (Å²) in [4.78, 5) is 135. The van der Waals surface area contributed by atoms with Crippen molar-refractivity contribution in [1.29, 1.82) is 0 Å². The molecule has 7 amide bonds. The average Bonchev–Trinajstić information content (AvgIpc) is 4.08. The summed E-state index contributed by atoms with van der Waals surface area (Å²) in [7, 11) is 3.97. The van der Waals surface area contributed by atoms with Crippen LogP contribution in [0.4, 0.5) is 0 Å². The smallest absolute Gasteiger partial charge is 0.332 e. The minimum atomic E-state index is -1.87. The van der Waals surface area contributed by atoms with Crippen molar-refractivity contribution < 1.29 is 62.1 Å². The molecule has 1 aromatic heterocycles. The number of fused-ring (bicyclic) bond motifs is 1. The quantitative estimate of drug-likeness (QED) is 0.154. The highest BCUT2D eigenvalue weighted by atomic mass is 16.6. The number of oxazole rings is 1. The zero-order chi connectivity index (χ0) is 54.6. The molecular formula is C53H70N8O13. The van der Waals surface area contributed by atoms with E-state index < -0.39 is 138 Å². The molecule has 2 fully saturated rings. The van der Waals surface area contributed by atoms with Gasteiger partial charge in [-0.15, -0.1) is 0 Å². The van der Waals surface area contributed by atoms with Crippen molar-refractivity contribution in [3.8, 4) is 0 Å². The van der Waals surface area contributed by atoms with Gasteiger partial charge in [0.2, 0.25) is 47.2 Å². The van der Waals surface area contributed by atoms with Gasteiger partial charge in [-0.2, -0.15) is 0 Å². The van der Waals surface area contributed by atoms with Crippen molar-refractivity contribution in [3.63, 3.8) is 0 Å². The molecule has 0 unspecified atom stereocenters. The van der Waals surface area contributed by atoms with E-state index in [1.54, 1.807) is 65.0 Å². The zero-order valence-electron chi connectivity index (χ0n) is 43.4. The first kappa shape index (κ1) is 57.5. The number of hydrogen-bond donors (Lipinski definition) is 5. The molecule has 0 bridgehead atoms. The number of methoxy groups -OCH3 is 1. The number of aliphatic carboxylic acids is 1. The topological polar surface area (TPSA) is 290 Å². The summed E-state index contributed by atoms with van der Waals surface area (Å²) in [6.45, 7) is 9.96. The number of likely N-dealkylation sites (N-methyl/N-ethyl adjacent to an activating group) is 2. The molecule has 21 heteroatoms. The van der Waals surface area contributed by atoms with E-state index in [4.69, 9.17) is 19.6 Å². The number of nitrogens with zero attached hydrogens (tertiary/aromatic N) is 4. The van der Waals surface area contributed by atoms with Gasteiger partial charge in [-0.3, -0.25) is 33.6 Å². The highest BCUT2D eigenvalue weighted by molar-refractivity contribution is 5.98. The summed E-state index contributed by atoms with van der Waals surface area (Å²) in [5.41, 5.74) is 6.90. The molecule has 2 aliphatic rings. The van der Waals surface area contributed by atoms with Gasteiger partial charge in [0.1, 0.15) is 48.3 Å². The summed E-state index contributed by atoms with van der Waals surface area (Å²) < 4.78 is 18.0. The number of esters is 1. The molecule has 0 radical (unpaired) electrons. The third-order valence-corrected chi connectivity index (χ3v) is 13.7. The summed E-state index contributed by atoms with van der Waals surface area (Å²) in [5, 5.41) is 18.2. The van der Waals surface area contributed by atoms with Crippen LogP contribution in [0.5, 0.6) is 0 Å². The fraction of sp³-hybridized carbons (Fsp3) is 0.509. The lowest BCUT2D eigenvalue weighted by atomic mass is 9.93. The van der Waals surface area contributed by atoms with E-state index in [2.05, 4.69) is 20.9 Å². The van der Waals surface area contributed by atoms with Crippen LogP contribution in [0.3, 0.4) is 0 Å². The van der Waals surface area contributed by atoms with Crippen molar-refractivity contribution in [2.24, 2.45) is 23.5 Å². The molecule has 5 rings (SSSR count). The van der Waals surface area contributed by atoms with Crippen molar-refractivity contribution >= 4 is 59.4 Å². The number of aromatic nitrogens is 1. The lowest BCUT2D eigenvalue weighted by Gasteiger charge is -2.38. The lowest BCUT2D eigenvalue weighted by molar-refractivity contribution is -0.163. The van der Waals surface area contributed by atoms with Gasteiger partial charge in [0.05, 0.1) is 24.7 Å². The Bertz CT molecular complexity index is 2520. The molecule has 0 spiro atoms. The number of primary amides is 1. The zero-order valence-corrected chi connectivity index (χ0v) is 43.4. The molecule has 400 valence electrons. The normalized spacial score (nSPS) is 25.7. The molecule has 11 atom stereocenters. The first-order valence-electron chi connectivity index (χ1n) is 24.8. The Morgan fingerprint density at radius 3 is 2.12 bits per heavy atom. The van der Waals surface area contributed by atoms with Crippen molar-refractivity contribution in [3.05, 3.63) is 95.7 Å². The molecule has 6 N–H and O–H groups in total. The van der Waals surface area contributed by atoms with E-state index in [1.807, 2.05) is 42.5 Å². The number of rotatable bonds is 13. The van der Waals surface area contributed by atoms with Gasteiger partial charge in [-0.05, 0) is 42.7 Å². The van der Waals surface area contributed by atoms with Crippen LogP contribution in [0.15, 0.2) is 77.4 Å². The van der Waals surface area contributed by atoms with Crippen molar-refractivity contribution in [2.45, 2.75) is 128 Å². The number of carboxylic acid groups (broad SMARTS) is 1. The van der Waals surface area contributed by atoms with Gasteiger partial charge in [0, 0.05) is 27.7 Å². The molecule has 3 aromatic rings. The maximum absolute atomic E-state index is 14.9. The Hall–Kier alpha value is -7.42. The van der Waals surface area contributed by atoms with Crippen LogP contribution in [-0.4, -0.2) is 142 Å². The fourth-order valence-corrected chi connectivity index (χ4v) is 9.33. The number of amides is 7. The van der Waals surface area contributed by atoms with E-state index in [1.165, 1.54) is 39.3 Å². The van der Waals surface area contributed by atoms with Gasteiger partial charge in [-0.25, -0.2) is 14.6 Å². The second-order valence-electron chi connectivity index (χ2n) is 19.4. The highest BCUT2D eigenvalue weighted by Crippen LogP contribution is 2.32. The predicted molar refractivity (Wildman–Crippen MR) is 269 cm³/mol. The first-order chi connectivity index (χ1) is 35.1. The van der Waals surface area contributed by atoms with Gasteiger partial charge < -0.3 is 55.4 Å². The number of carboxylic acids is 1.